The van der Waals surface area contributed by atoms with Crippen molar-refractivity contribution in [3.05, 3.63) is 27.1 Å². The average molecular weight is 334 g/mol. The monoisotopic (exact) mass is 334 g/mol. The van der Waals surface area contributed by atoms with Crippen molar-refractivity contribution in [2.24, 2.45) is 0 Å². The molecular weight excluding hydrogens is 308 g/mol. The van der Waals surface area contributed by atoms with E-state index in [0.29, 0.717) is 21.6 Å². The smallest absolute Gasteiger partial charge is 0.262 e. The number of carbonyl (C=O) groups excluding carboxylic acids is 1. The van der Waals surface area contributed by atoms with E-state index in [1.54, 1.807) is 10.9 Å². The van der Waals surface area contributed by atoms with Crippen molar-refractivity contribution in [2.75, 3.05) is 0 Å². The highest BCUT2D eigenvalue weighted by Crippen LogP contribution is 2.27. The lowest BCUT2D eigenvalue weighted by atomic mass is 10.1. The maximum absolute atomic E-state index is 12.6. The van der Waals surface area contributed by atoms with Gasteiger partial charge in [-0.3, -0.25) is 14.2 Å². The van der Waals surface area contributed by atoms with Crippen LogP contribution < -0.4 is 5.56 Å². The summed E-state index contributed by atoms with van der Waals surface area (Å²) in [6, 6.07) is 0. The molecule has 2 aromatic rings. The highest BCUT2D eigenvalue weighted by Gasteiger charge is 2.16. The Morgan fingerprint density at radius 1 is 1.17 bits per heavy atom. The van der Waals surface area contributed by atoms with Crippen LogP contribution in [0.25, 0.3) is 10.2 Å². The van der Waals surface area contributed by atoms with E-state index >= 15 is 0 Å². The Labute approximate surface area is 141 Å². The Kier molecular flexibility index (Phi) is 6.51. The van der Waals surface area contributed by atoms with Gasteiger partial charge in [0.05, 0.1) is 16.6 Å². The van der Waals surface area contributed by atoms with Crippen molar-refractivity contribution >= 4 is 27.3 Å². The molecular formula is C18H26N2O2S. The van der Waals surface area contributed by atoms with Gasteiger partial charge in [-0.15, -0.1) is 11.3 Å². The second kappa shape index (κ2) is 8.39. The first-order valence-electron chi connectivity index (χ1n) is 8.55. The van der Waals surface area contributed by atoms with Crippen molar-refractivity contribution in [1.82, 2.24) is 9.55 Å². The van der Waals surface area contributed by atoms with E-state index in [9.17, 15) is 9.59 Å². The van der Waals surface area contributed by atoms with Crippen molar-refractivity contribution in [3.8, 4) is 0 Å². The lowest BCUT2D eigenvalue weighted by Gasteiger charge is -2.05. The molecule has 0 aliphatic rings. The fourth-order valence-electron chi connectivity index (χ4n) is 2.89. The van der Waals surface area contributed by atoms with Crippen LogP contribution in [0.15, 0.2) is 11.1 Å². The van der Waals surface area contributed by atoms with Crippen molar-refractivity contribution in [2.45, 2.75) is 72.3 Å². The van der Waals surface area contributed by atoms with Gasteiger partial charge in [-0.2, -0.15) is 0 Å². The van der Waals surface area contributed by atoms with Gasteiger partial charge in [0.2, 0.25) is 0 Å². The van der Waals surface area contributed by atoms with Gasteiger partial charge in [-0.1, -0.05) is 45.4 Å². The Morgan fingerprint density at radius 2 is 1.83 bits per heavy atom. The standard InChI is InChI=1S/C18H26N2O2S/c1-4-5-6-7-8-9-10-11-20-12-19-17-15(18(20)22)13(2)16(23-17)14(3)21/h12H,4-11H2,1-3H3. The van der Waals surface area contributed by atoms with Crippen LogP contribution >= 0.6 is 11.3 Å². The summed E-state index contributed by atoms with van der Waals surface area (Å²) in [5.74, 6) is 0.00327. The van der Waals surface area contributed by atoms with Gasteiger partial charge in [-0.05, 0) is 25.8 Å². The van der Waals surface area contributed by atoms with E-state index in [1.807, 2.05) is 6.92 Å². The van der Waals surface area contributed by atoms with Gasteiger partial charge in [0.25, 0.3) is 5.56 Å². The molecule has 23 heavy (non-hydrogen) atoms. The largest absolute Gasteiger partial charge is 0.299 e. The SMILES string of the molecule is CCCCCCCCCn1cnc2sc(C(C)=O)c(C)c2c1=O. The van der Waals surface area contributed by atoms with Crippen molar-refractivity contribution in [1.29, 1.82) is 0 Å². The molecule has 0 unspecified atom stereocenters. The number of rotatable bonds is 9. The number of hydrogen-bond donors (Lipinski definition) is 0. The number of nitrogens with zero attached hydrogens (tertiary/aromatic N) is 2. The van der Waals surface area contributed by atoms with Gasteiger partial charge in [-0.25, -0.2) is 4.98 Å². The molecule has 4 nitrogen and oxygen atoms in total. The molecule has 0 aliphatic heterocycles. The molecule has 2 heterocycles. The van der Waals surface area contributed by atoms with Gasteiger partial charge in [0.1, 0.15) is 4.83 Å². The molecule has 2 aromatic heterocycles. The summed E-state index contributed by atoms with van der Waals surface area (Å²) in [6.45, 7) is 6.31. The predicted molar refractivity (Wildman–Crippen MR) is 96.6 cm³/mol. The molecule has 0 fully saturated rings. The topological polar surface area (TPSA) is 52.0 Å². The zero-order valence-electron chi connectivity index (χ0n) is 14.4. The Balaban J connectivity index is 2.02. The Hall–Kier alpha value is -1.49. The number of unbranched alkanes of at least 4 members (excludes halogenated alkanes) is 6. The molecule has 2 rings (SSSR count). The predicted octanol–water partition coefficient (Wildman–Crippen LogP) is 4.72. The highest BCUT2D eigenvalue weighted by molar-refractivity contribution is 7.20. The fraction of sp³-hybridized carbons (Fsp3) is 0.611. The third-order valence-electron chi connectivity index (χ3n) is 4.24. The summed E-state index contributed by atoms with van der Waals surface area (Å²) in [5, 5.41) is 0.616. The quantitative estimate of drug-likeness (QED) is 0.492. The number of fused-ring (bicyclic) bond motifs is 1. The molecule has 0 saturated heterocycles. The number of aryl methyl sites for hydroxylation is 2. The number of hydrogen-bond acceptors (Lipinski definition) is 4. The minimum Gasteiger partial charge on any atom is -0.299 e. The minimum atomic E-state index is -0.0118. The van der Waals surface area contributed by atoms with Crippen molar-refractivity contribution < 1.29 is 4.79 Å². The lowest BCUT2D eigenvalue weighted by Crippen LogP contribution is -2.20. The van der Waals surface area contributed by atoms with Gasteiger partial charge >= 0.3 is 0 Å². The van der Waals surface area contributed by atoms with Crippen LogP contribution in [0.2, 0.25) is 0 Å². The molecule has 0 spiro atoms. The third kappa shape index (κ3) is 4.28. The summed E-state index contributed by atoms with van der Waals surface area (Å²) in [5.41, 5.74) is 0.770. The van der Waals surface area contributed by atoms with Crippen LogP contribution in [0, 0.1) is 6.92 Å². The zero-order chi connectivity index (χ0) is 16.8. The van der Waals surface area contributed by atoms with Gasteiger partial charge in [0.15, 0.2) is 5.78 Å². The molecule has 0 radical (unpaired) electrons. The molecule has 0 amide bonds. The molecule has 0 saturated carbocycles. The molecule has 0 aliphatic carbocycles. The van der Waals surface area contributed by atoms with E-state index in [-0.39, 0.29) is 11.3 Å². The van der Waals surface area contributed by atoms with Crippen LogP contribution in [0.3, 0.4) is 0 Å². The number of aromatic nitrogens is 2. The first-order valence-corrected chi connectivity index (χ1v) is 9.37. The summed E-state index contributed by atoms with van der Waals surface area (Å²) >= 11 is 1.32. The second-order valence-corrected chi connectivity index (χ2v) is 7.16. The first kappa shape index (κ1) is 17.9. The normalized spacial score (nSPS) is 11.3. The lowest BCUT2D eigenvalue weighted by molar-refractivity contribution is 0.102. The Bertz CT molecular complexity index is 730. The number of ketones is 1. The molecule has 126 valence electrons. The maximum atomic E-state index is 12.6. The number of thiophene rings is 1. The average Bonchev–Trinajstić information content (AvgIpc) is 2.86. The van der Waals surface area contributed by atoms with Crippen molar-refractivity contribution in [3.63, 3.8) is 0 Å². The summed E-state index contributed by atoms with van der Waals surface area (Å²) in [6.07, 6.45) is 10.2. The fourth-order valence-corrected chi connectivity index (χ4v) is 3.93. The summed E-state index contributed by atoms with van der Waals surface area (Å²) < 4.78 is 1.69. The molecule has 5 heteroatoms. The zero-order valence-corrected chi connectivity index (χ0v) is 15.2. The van der Waals surface area contributed by atoms with Crippen LogP contribution in [0.4, 0.5) is 0 Å². The minimum absolute atomic E-state index is 0.00327. The van der Waals surface area contributed by atoms with E-state index in [4.69, 9.17) is 0 Å². The third-order valence-corrected chi connectivity index (χ3v) is 5.54. The van der Waals surface area contributed by atoms with Crippen LogP contribution in [0.5, 0.6) is 0 Å². The molecule has 0 atom stereocenters. The summed E-state index contributed by atoms with van der Waals surface area (Å²) in [7, 11) is 0. The van der Waals surface area contributed by atoms with Crippen LogP contribution in [0.1, 0.15) is 74.0 Å². The second-order valence-electron chi connectivity index (χ2n) is 6.16. The van der Waals surface area contributed by atoms with E-state index < -0.39 is 0 Å². The van der Waals surface area contributed by atoms with E-state index in [2.05, 4.69) is 11.9 Å². The molecule has 0 bridgehead atoms. The molecule has 0 aromatic carbocycles. The van der Waals surface area contributed by atoms with Crippen LogP contribution in [-0.2, 0) is 6.54 Å². The molecule has 0 N–H and O–H groups in total. The maximum Gasteiger partial charge on any atom is 0.262 e. The number of carbonyl (C=O) groups is 1. The Morgan fingerprint density at radius 3 is 2.48 bits per heavy atom. The van der Waals surface area contributed by atoms with Gasteiger partial charge in [0, 0.05) is 6.54 Å². The highest BCUT2D eigenvalue weighted by atomic mass is 32.1. The number of Topliss-reactive ketones (excluding diaryl/α,β-unsaturated/α-hetero) is 1. The van der Waals surface area contributed by atoms with E-state index in [0.717, 1.165) is 18.4 Å². The van der Waals surface area contributed by atoms with E-state index in [1.165, 1.54) is 50.4 Å². The van der Waals surface area contributed by atoms with Gasteiger partial charge < -0.3 is 0 Å². The first-order chi connectivity index (χ1) is 11.1. The summed E-state index contributed by atoms with van der Waals surface area (Å²) in [4.78, 5) is 29.9. The van der Waals surface area contributed by atoms with Crippen LogP contribution in [-0.4, -0.2) is 15.3 Å².